The molecule has 0 saturated heterocycles. The van der Waals surface area contributed by atoms with Gasteiger partial charge in [0.25, 0.3) is 0 Å². The second kappa shape index (κ2) is 9.24. The molecule has 0 bridgehead atoms. The van der Waals surface area contributed by atoms with Crippen molar-refractivity contribution >= 4 is 15.2 Å². The van der Waals surface area contributed by atoms with Crippen LogP contribution in [0.1, 0.15) is 59.3 Å². The predicted octanol–water partition coefficient (Wildman–Crippen LogP) is 3.61. The van der Waals surface area contributed by atoms with Gasteiger partial charge in [0.1, 0.15) is 0 Å². The SMILES string of the molecule is CC(C)=CCC[C@@H](C)CCCCC(P(=O)(O)O)P(=O)(O)O. The normalized spacial score (nSPS) is 14.3. The van der Waals surface area contributed by atoms with Crippen LogP contribution in [0.2, 0.25) is 0 Å². The molecule has 0 saturated carbocycles. The predicted molar refractivity (Wildman–Crippen MR) is 84.2 cm³/mol. The summed E-state index contributed by atoms with van der Waals surface area (Å²) in [5.41, 5.74) is 1.29. The van der Waals surface area contributed by atoms with Crippen molar-refractivity contribution in [3.8, 4) is 0 Å². The zero-order chi connectivity index (χ0) is 16.7. The lowest BCUT2D eigenvalue weighted by atomic mass is 9.98. The molecule has 0 heterocycles. The van der Waals surface area contributed by atoms with Crippen LogP contribution < -0.4 is 0 Å². The van der Waals surface area contributed by atoms with E-state index in [1.165, 1.54) is 5.57 Å². The van der Waals surface area contributed by atoms with Crippen molar-refractivity contribution in [2.24, 2.45) is 5.92 Å². The van der Waals surface area contributed by atoms with Crippen LogP contribution in [-0.4, -0.2) is 25.0 Å². The Morgan fingerprint density at radius 2 is 1.43 bits per heavy atom. The number of hydrogen-bond donors (Lipinski definition) is 4. The van der Waals surface area contributed by atoms with Crippen molar-refractivity contribution < 1.29 is 28.7 Å². The Morgan fingerprint density at radius 1 is 0.952 bits per heavy atom. The molecule has 0 aliphatic carbocycles. The second-order valence-corrected chi connectivity index (χ2v) is 9.92. The van der Waals surface area contributed by atoms with Gasteiger partial charge in [0.2, 0.25) is 0 Å². The third kappa shape index (κ3) is 10.4. The van der Waals surface area contributed by atoms with E-state index in [0.717, 1.165) is 19.3 Å². The van der Waals surface area contributed by atoms with E-state index < -0.39 is 20.6 Å². The molecule has 8 heteroatoms. The first kappa shape index (κ1) is 21.0. The van der Waals surface area contributed by atoms with Gasteiger partial charge in [-0.2, -0.15) is 0 Å². The van der Waals surface area contributed by atoms with Crippen molar-refractivity contribution in [1.82, 2.24) is 0 Å². The fraction of sp³-hybridized carbons (Fsp3) is 0.846. The quantitative estimate of drug-likeness (QED) is 0.274. The molecule has 126 valence electrons. The molecule has 0 aromatic heterocycles. The minimum Gasteiger partial charge on any atom is -0.324 e. The van der Waals surface area contributed by atoms with E-state index in [2.05, 4.69) is 26.8 Å². The standard InChI is InChI=1S/C13H28O6P2/c1-11(2)7-6-9-12(3)8-4-5-10-13(20(14,15)16)21(17,18)19/h7,12-13H,4-6,8-10H2,1-3H3,(H2,14,15,16)(H2,17,18,19)/t12-/m0/s1. The molecule has 0 aliphatic heterocycles. The van der Waals surface area contributed by atoms with Crippen LogP contribution in [0.3, 0.4) is 0 Å². The topological polar surface area (TPSA) is 115 Å². The third-order valence-corrected chi connectivity index (χ3v) is 7.27. The second-order valence-electron chi connectivity index (χ2n) is 5.91. The highest BCUT2D eigenvalue weighted by atomic mass is 31.2. The molecule has 0 rings (SSSR count). The molecule has 6 nitrogen and oxygen atoms in total. The van der Waals surface area contributed by atoms with E-state index in [1.807, 2.05) is 0 Å². The Labute approximate surface area is 127 Å². The minimum absolute atomic E-state index is 0.144. The number of allylic oxidation sites excluding steroid dienone is 2. The minimum atomic E-state index is -4.76. The van der Waals surface area contributed by atoms with Gasteiger partial charge in [-0.15, -0.1) is 0 Å². The summed E-state index contributed by atoms with van der Waals surface area (Å²) in [4.78, 5) is 36.0. The summed E-state index contributed by atoms with van der Waals surface area (Å²) in [6.07, 6.45) is 6.11. The zero-order valence-electron chi connectivity index (χ0n) is 13.0. The molecule has 0 fully saturated rings. The zero-order valence-corrected chi connectivity index (χ0v) is 14.8. The highest BCUT2D eigenvalue weighted by Gasteiger charge is 2.42. The summed E-state index contributed by atoms with van der Waals surface area (Å²) >= 11 is 0. The summed E-state index contributed by atoms with van der Waals surface area (Å²) in [5.74, 6) is 0.490. The first-order valence-corrected chi connectivity index (χ1v) is 10.5. The van der Waals surface area contributed by atoms with Gasteiger partial charge in [-0.05, 0) is 39.0 Å². The molecule has 4 N–H and O–H groups in total. The average Bonchev–Trinajstić information content (AvgIpc) is 2.24. The summed E-state index contributed by atoms with van der Waals surface area (Å²) in [7, 11) is -9.52. The molecular formula is C13H28O6P2. The largest absolute Gasteiger partial charge is 0.340 e. The van der Waals surface area contributed by atoms with E-state index in [0.29, 0.717) is 18.8 Å². The fourth-order valence-electron chi connectivity index (χ4n) is 2.15. The van der Waals surface area contributed by atoms with Crippen molar-refractivity contribution in [3.05, 3.63) is 11.6 Å². The van der Waals surface area contributed by atoms with Gasteiger partial charge >= 0.3 is 15.2 Å². The molecule has 1 atom stereocenters. The molecule has 0 spiro atoms. The Bertz CT molecular complexity index is 396. The summed E-state index contributed by atoms with van der Waals surface area (Å²) in [6.45, 7) is 6.21. The van der Waals surface area contributed by atoms with Gasteiger partial charge in [0.15, 0.2) is 5.40 Å². The summed E-state index contributed by atoms with van der Waals surface area (Å²) < 4.78 is 22.2. The molecule has 0 aliphatic rings. The molecule has 21 heavy (non-hydrogen) atoms. The van der Waals surface area contributed by atoms with Crippen LogP contribution in [-0.2, 0) is 9.13 Å². The van der Waals surface area contributed by atoms with Crippen LogP contribution in [0.4, 0.5) is 0 Å². The van der Waals surface area contributed by atoms with E-state index >= 15 is 0 Å². The van der Waals surface area contributed by atoms with Gasteiger partial charge in [-0.25, -0.2) is 0 Å². The molecule has 0 radical (unpaired) electrons. The Balaban J connectivity index is 4.10. The third-order valence-electron chi connectivity index (χ3n) is 3.40. The fourth-order valence-corrected chi connectivity index (χ4v) is 4.76. The monoisotopic (exact) mass is 342 g/mol. The van der Waals surface area contributed by atoms with E-state index in [-0.39, 0.29) is 6.42 Å². The number of hydrogen-bond acceptors (Lipinski definition) is 2. The van der Waals surface area contributed by atoms with Crippen LogP contribution >= 0.6 is 15.2 Å². The maximum atomic E-state index is 11.1. The molecule has 0 amide bonds. The van der Waals surface area contributed by atoms with Gasteiger partial charge in [0, 0.05) is 0 Å². The average molecular weight is 342 g/mol. The maximum absolute atomic E-state index is 11.1. The van der Waals surface area contributed by atoms with Gasteiger partial charge in [-0.1, -0.05) is 37.8 Å². The smallest absolute Gasteiger partial charge is 0.324 e. The first-order valence-electron chi connectivity index (χ1n) is 7.18. The molecule has 0 aromatic rings. The lowest BCUT2D eigenvalue weighted by Crippen LogP contribution is -2.09. The van der Waals surface area contributed by atoms with Crippen molar-refractivity contribution in [3.63, 3.8) is 0 Å². The van der Waals surface area contributed by atoms with Crippen LogP contribution in [0.25, 0.3) is 0 Å². The van der Waals surface area contributed by atoms with Gasteiger partial charge in [0.05, 0.1) is 0 Å². The lowest BCUT2D eigenvalue weighted by molar-refractivity contribution is 0.332. The molecule has 0 aromatic carbocycles. The van der Waals surface area contributed by atoms with E-state index in [1.54, 1.807) is 0 Å². The highest BCUT2D eigenvalue weighted by molar-refractivity contribution is 7.70. The molecular weight excluding hydrogens is 314 g/mol. The van der Waals surface area contributed by atoms with Gasteiger partial charge in [-0.3, -0.25) is 9.13 Å². The van der Waals surface area contributed by atoms with Crippen LogP contribution in [0, 0.1) is 5.92 Å². The van der Waals surface area contributed by atoms with Crippen molar-refractivity contribution in [1.29, 1.82) is 0 Å². The molecule has 0 unspecified atom stereocenters. The number of unbranched alkanes of at least 4 members (excludes halogenated alkanes) is 1. The number of rotatable bonds is 10. The highest BCUT2D eigenvalue weighted by Crippen LogP contribution is 2.61. The van der Waals surface area contributed by atoms with Crippen molar-refractivity contribution in [2.45, 2.75) is 64.7 Å². The lowest BCUT2D eigenvalue weighted by Gasteiger charge is -2.19. The van der Waals surface area contributed by atoms with E-state index in [4.69, 9.17) is 19.6 Å². The maximum Gasteiger partial charge on any atom is 0.340 e. The Morgan fingerprint density at radius 3 is 1.86 bits per heavy atom. The van der Waals surface area contributed by atoms with Gasteiger partial charge < -0.3 is 19.6 Å². The Hall–Kier alpha value is 0.0400. The van der Waals surface area contributed by atoms with Crippen molar-refractivity contribution in [2.75, 3.05) is 0 Å². The van der Waals surface area contributed by atoms with E-state index in [9.17, 15) is 9.13 Å². The van der Waals surface area contributed by atoms with Crippen LogP contribution in [0.15, 0.2) is 11.6 Å². The summed E-state index contributed by atoms with van der Waals surface area (Å²) in [5, 5.41) is -1.86. The van der Waals surface area contributed by atoms with Crippen LogP contribution in [0.5, 0.6) is 0 Å². The summed E-state index contributed by atoms with van der Waals surface area (Å²) in [6, 6.07) is 0. The Kier molecular flexibility index (Phi) is 9.26. The first-order chi connectivity index (χ1) is 9.44.